The number of likely N-dealkylation sites (N-methyl/N-ethyl adjacent to an activating group) is 1. The number of rotatable bonds is 8. The fraction of sp³-hybridized carbons (Fsp3) is 0.250. The van der Waals surface area contributed by atoms with E-state index in [0.717, 1.165) is 16.0 Å². The van der Waals surface area contributed by atoms with Crippen LogP contribution in [0.4, 0.5) is 4.39 Å². The Balaban J connectivity index is 2.32. The summed E-state index contributed by atoms with van der Waals surface area (Å²) in [6, 6.07) is 14.5. The first-order valence-corrected chi connectivity index (χ1v) is 8.41. The molecule has 2 aromatic rings. The van der Waals surface area contributed by atoms with Crippen molar-refractivity contribution < 1.29 is 23.9 Å². The molecule has 0 saturated carbocycles. The first-order chi connectivity index (χ1) is 13.0. The highest BCUT2D eigenvalue weighted by Gasteiger charge is 2.35. The Morgan fingerprint density at radius 1 is 1.04 bits per heavy atom. The van der Waals surface area contributed by atoms with E-state index in [0.29, 0.717) is 0 Å². The van der Waals surface area contributed by atoms with E-state index in [-0.39, 0.29) is 5.56 Å². The van der Waals surface area contributed by atoms with Crippen molar-refractivity contribution in [2.75, 3.05) is 26.9 Å². The van der Waals surface area contributed by atoms with Crippen LogP contribution in [0.5, 0.6) is 0 Å². The zero-order valence-corrected chi connectivity index (χ0v) is 14.9. The van der Waals surface area contributed by atoms with E-state index in [9.17, 15) is 18.8 Å². The molecule has 6 nitrogen and oxygen atoms in total. The van der Waals surface area contributed by atoms with Crippen molar-refractivity contribution in [2.45, 2.75) is 6.04 Å². The highest BCUT2D eigenvalue weighted by molar-refractivity contribution is 6.10. The second kappa shape index (κ2) is 9.59. The van der Waals surface area contributed by atoms with Crippen molar-refractivity contribution in [3.63, 3.8) is 0 Å². The predicted octanol–water partition coefficient (Wildman–Crippen LogP) is 1.44. The van der Waals surface area contributed by atoms with Gasteiger partial charge in [-0.3, -0.25) is 14.4 Å². The van der Waals surface area contributed by atoms with Crippen molar-refractivity contribution >= 4 is 17.6 Å². The number of nitrogens with one attached hydrogen (secondary N) is 1. The maximum atomic E-state index is 13.0. The molecule has 1 atom stereocenters. The third-order valence-electron chi connectivity index (χ3n) is 4.09. The van der Waals surface area contributed by atoms with Gasteiger partial charge in [0.05, 0.1) is 6.54 Å². The average molecular weight is 372 g/mol. The summed E-state index contributed by atoms with van der Waals surface area (Å²) >= 11 is 0. The highest BCUT2D eigenvalue weighted by Crippen LogP contribution is 2.20. The summed E-state index contributed by atoms with van der Waals surface area (Å²) in [6.07, 6.45) is 0. The Kier molecular flexibility index (Phi) is 7.19. The molecule has 1 unspecified atom stereocenters. The van der Waals surface area contributed by atoms with Crippen LogP contribution >= 0.6 is 0 Å². The number of aliphatic hydroxyl groups excluding tert-OH is 1. The Bertz CT molecular complexity index is 777. The number of hydrogen-bond acceptors (Lipinski definition) is 4. The van der Waals surface area contributed by atoms with Crippen LogP contribution in [0.25, 0.3) is 11.1 Å². The van der Waals surface area contributed by atoms with E-state index in [1.807, 2.05) is 30.3 Å². The van der Waals surface area contributed by atoms with Gasteiger partial charge in [0.2, 0.25) is 5.91 Å². The number of hydrogen-bond donors (Lipinski definition) is 2. The lowest BCUT2D eigenvalue weighted by atomic mass is 10.0. The van der Waals surface area contributed by atoms with Gasteiger partial charge in [-0.1, -0.05) is 42.5 Å². The van der Waals surface area contributed by atoms with Gasteiger partial charge in [0.25, 0.3) is 5.91 Å². The number of alkyl halides is 1. The van der Waals surface area contributed by atoms with Crippen LogP contribution in [-0.4, -0.2) is 60.5 Å². The first-order valence-electron chi connectivity index (χ1n) is 8.41. The van der Waals surface area contributed by atoms with E-state index >= 15 is 0 Å². The minimum Gasteiger partial charge on any atom is -0.388 e. The molecule has 0 aliphatic rings. The normalized spacial score (nSPS) is 11.5. The second-order valence-electron chi connectivity index (χ2n) is 5.77. The van der Waals surface area contributed by atoms with Gasteiger partial charge in [-0.15, -0.1) is 0 Å². The van der Waals surface area contributed by atoms with E-state index < -0.39 is 43.5 Å². The molecule has 0 aliphatic heterocycles. The Morgan fingerprint density at radius 3 is 2.15 bits per heavy atom. The minimum atomic E-state index is -1.59. The van der Waals surface area contributed by atoms with E-state index in [4.69, 9.17) is 5.11 Å². The predicted molar refractivity (Wildman–Crippen MR) is 98.8 cm³/mol. The van der Waals surface area contributed by atoms with Crippen molar-refractivity contribution in [2.24, 2.45) is 0 Å². The van der Waals surface area contributed by atoms with Gasteiger partial charge in [0.15, 0.2) is 11.8 Å². The van der Waals surface area contributed by atoms with Crippen molar-refractivity contribution in [1.82, 2.24) is 10.2 Å². The largest absolute Gasteiger partial charge is 0.388 e. The summed E-state index contributed by atoms with van der Waals surface area (Å²) < 4.78 is 13.0. The lowest BCUT2D eigenvalue weighted by Gasteiger charge is -2.28. The third kappa shape index (κ3) is 4.77. The molecule has 142 valence electrons. The van der Waals surface area contributed by atoms with Crippen LogP contribution in [0.3, 0.4) is 0 Å². The van der Waals surface area contributed by atoms with Crippen LogP contribution in [0.2, 0.25) is 0 Å². The van der Waals surface area contributed by atoms with Gasteiger partial charge in [-0.05, 0) is 23.3 Å². The smallest absolute Gasteiger partial charge is 0.254 e. The molecular formula is C20H21FN2O4. The van der Waals surface area contributed by atoms with Gasteiger partial charge >= 0.3 is 0 Å². The molecule has 0 spiro atoms. The standard InChI is InChI=1S/C20H21FN2O4/c1-22-19(26)18(17(25)13-24)23(12-11-21)20(27)16-9-7-15(8-10-16)14-5-3-2-4-6-14/h2-10,18,24H,11-13H2,1H3,(H,22,26). The molecule has 0 saturated heterocycles. The summed E-state index contributed by atoms with van der Waals surface area (Å²) in [6.45, 7) is -2.30. The number of halogens is 1. The van der Waals surface area contributed by atoms with Crippen LogP contribution < -0.4 is 5.32 Å². The van der Waals surface area contributed by atoms with E-state index in [2.05, 4.69) is 5.32 Å². The molecule has 0 aromatic heterocycles. The van der Waals surface area contributed by atoms with Gasteiger partial charge in [-0.25, -0.2) is 4.39 Å². The fourth-order valence-electron chi connectivity index (χ4n) is 2.73. The number of carbonyl (C=O) groups is 3. The van der Waals surface area contributed by atoms with Crippen LogP contribution in [0.1, 0.15) is 10.4 Å². The summed E-state index contributed by atoms with van der Waals surface area (Å²) in [5.41, 5.74) is 2.07. The van der Waals surface area contributed by atoms with E-state index in [1.54, 1.807) is 24.3 Å². The molecule has 0 fully saturated rings. The molecule has 2 N–H and O–H groups in total. The van der Waals surface area contributed by atoms with Crippen molar-refractivity contribution in [3.05, 3.63) is 60.2 Å². The molecule has 0 bridgehead atoms. The SMILES string of the molecule is CNC(=O)C(C(=O)CO)N(CCF)C(=O)c1ccc(-c2ccccc2)cc1. The van der Waals surface area contributed by atoms with Crippen LogP contribution in [0.15, 0.2) is 54.6 Å². The van der Waals surface area contributed by atoms with Gasteiger partial charge in [0.1, 0.15) is 13.3 Å². The summed E-state index contributed by atoms with van der Waals surface area (Å²) in [7, 11) is 1.30. The molecule has 2 aromatic carbocycles. The van der Waals surface area contributed by atoms with Crippen LogP contribution in [0, 0.1) is 0 Å². The second-order valence-corrected chi connectivity index (χ2v) is 5.77. The lowest BCUT2D eigenvalue weighted by Crippen LogP contribution is -2.54. The van der Waals surface area contributed by atoms with Crippen LogP contribution in [-0.2, 0) is 9.59 Å². The Morgan fingerprint density at radius 2 is 1.63 bits per heavy atom. The zero-order chi connectivity index (χ0) is 19.8. The molecule has 0 heterocycles. The van der Waals surface area contributed by atoms with Gasteiger partial charge in [-0.2, -0.15) is 0 Å². The van der Waals surface area contributed by atoms with Gasteiger partial charge in [0, 0.05) is 12.6 Å². The third-order valence-corrected chi connectivity index (χ3v) is 4.09. The number of ketones is 1. The number of Topliss-reactive ketones (excluding diaryl/α,β-unsaturated/α-hetero) is 1. The highest BCUT2D eigenvalue weighted by atomic mass is 19.1. The molecule has 27 heavy (non-hydrogen) atoms. The Labute approximate surface area is 156 Å². The summed E-state index contributed by atoms with van der Waals surface area (Å²) in [5, 5.41) is 11.4. The van der Waals surface area contributed by atoms with Gasteiger partial charge < -0.3 is 15.3 Å². The minimum absolute atomic E-state index is 0.211. The fourth-order valence-corrected chi connectivity index (χ4v) is 2.73. The topological polar surface area (TPSA) is 86.7 Å². The maximum Gasteiger partial charge on any atom is 0.254 e. The molecule has 0 radical (unpaired) electrons. The lowest BCUT2D eigenvalue weighted by molar-refractivity contribution is -0.136. The number of amides is 2. The molecule has 0 aliphatic carbocycles. The average Bonchev–Trinajstić information content (AvgIpc) is 2.73. The first kappa shape index (κ1) is 20.3. The molecule has 2 amide bonds. The van der Waals surface area contributed by atoms with Crippen molar-refractivity contribution in [1.29, 1.82) is 0 Å². The quantitative estimate of drug-likeness (QED) is 0.687. The number of aliphatic hydroxyl groups is 1. The monoisotopic (exact) mass is 372 g/mol. The van der Waals surface area contributed by atoms with E-state index in [1.165, 1.54) is 7.05 Å². The molecular weight excluding hydrogens is 351 g/mol. The van der Waals surface area contributed by atoms with Crippen molar-refractivity contribution in [3.8, 4) is 11.1 Å². The number of carbonyl (C=O) groups excluding carboxylic acids is 3. The molecule has 7 heteroatoms. The summed E-state index contributed by atoms with van der Waals surface area (Å²) in [4.78, 5) is 37.7. The maximum absolute atomic E-state index is 13.0. The Hall–Kier alpha value is -3.06. The zero-order valence-electron chi connectivity index (χ0n) is 14.9. The number of nitrogens with zero attached hydrogens (tertiary/aromatic N) is 1. The summed E-state index contributed by atoms with van der Waals surface area (Å²) in [5.74, 6) is -2.32. The number of benzene rings is 2. The molecule has 2 rings (SSSR count).